The lowest BCUT2D eigenvalue weighted by molar-refractivity contribution is 0.628. The Bertz CT molecular complexity index is 1440. The van der Waals surface area contributed by atoms with E-state index in [1.165, 1.54) is 12.1 Å². The van der Waals surface area contributed by atoms with Crippen molar-refractivity contribution in [2.24, 2.45) is 5.92 Å². The zero-order valence-corrected chi connectivity index (χ0v) is 16.8. The van der Waals surface area contributed by atoms with Crippen LogP contribution in [0, 0.1) is 11.7 Å². The molecular weight excluding hydrogens is 373 g/mol. The molecule has 0 aliphatic carbocycles. The van der Waals surface area contributed by atoms with Crippen molar-refractivity contribution in [1.82, 2.24) is 4.98 Å². The maximum Gasteiger partial charge on any atom is 0.136 e. The molecule has 3 aromatic carbocycles. The lowest BCUT2D eigenvalue weighted by Crippen LogP contribution is -1.95. The highest BCUT2D eigenvalue weighted by molar-refractivity contribution is 6.06. The summed E-state index contributed by atoms with van der Waals surface area (Å²) < 4.78 is 36.2. The Hall–Kier alpha value is -3.46. The first-order chi connectivity index (χ1) is 15.3. The maximum absolute atomic E-state index is 13.3. The van der Waals surface area contributed by atoms with E-state index in [2.05, 4.69) is 4.98 Å². The van der Waals surface area contributed by atoms with Crippen LogP contribution < -0.4 is 0 Å². The molecule has 0 N–H and O–H groups in total. The quantitative estimate of drug-likeness (QED) is 0.311. The Morgan fingerprint density at radius 3 is 2.17 bits per heavy atom. The molecule has 148 valence electrons. The van der Waals surface area contributed by atoms with E-state index in [1.807, 2.05) is 56.3 Å². The van der Waals surface area contributed by atoms with E-state index >= 15 is 0 Å². The average molecular weight is 397 g/mol. The van der Waals surface area contributed by atoms with Crippen molar-refractivity contribution in [1.29, 1.82) is 0 Å². The lowest BCUT2D eigenvalue weighted by Gasteiger charge is -2.07. The standard InChI is InChI=1S/C27H22FNO/c1-17(2)13-18-11-12-29-25(14-18)21-6-10-24-23-9-5-20(15-26(23)30-27(24)16-21)19-3-7-22(28)8-4-19/h3-12,14-17H,13H2,1-2H3/i13D2. The zero-order chi connectivity index (χ0) is 22.5. The van der Waals surface area contributed by atoms with Crippen LogP contribution >= 0.6 is 0 Å². The monoisotopic (exact) mass is 397 g/mol. The van der Waals surface area contributed by atoms with Gasteiger partial charge in [-0.2, -0.15) is 0 Å². The molecule has 30 heavy (non-hydrogen) atoms. The number of rotatable bonds is 4. The number of hydrogen-bond acceptors (Lipinski definition) is 2. The van der Waals surface area contributed by atoms with E-state index in [0.717, 1.165) is 38.6 Å². The van der Waals surface area contributed by atoms with Crippen LogP contribution in [0.25, 0.3) is 44.3 Å². The van der Waals surface area contributed by atoms with E-state index in [0.29, 0.717) is 11.3 Å². The van der Waals surface area contributed by atoms with E-state index in [4.69, 9.17) is 7.16 Å². The highest BCUT2D eigenvalue weighted by Crippen LogP contribution is 2.34. The normalized spacial score (nSPS) is 13.1. The average Bonchev–Trinajstić information content (AvgIpc) is 3.16. The van der Waals surface area contributed by atoms with Gasteiger partial charge in [0.2, 0.25) is 0 Å². The van der Waals surface area contributed by atoms with Gasteiger partial charge in [0.15, 0.2) is 0 Å². The third-order valence-electron chi connectivity index (χ3n) is 5.16. The third-order valence-corrected chi connectivity index (χ3v) is 5.16. The summed E-state index contributed by atoms with van der Waals surface area (Å²) in [6.45, 7) is 3.75. The van der Waals surface area contributed by atoms with Crippen molar-refractivity contribution in [2.75, 3.05) is 0 Å². The molecule has 0 atom stereocenters. The highest BCUT2D eigenvalue weighted by atomic mass is 19.1. The second-order valence-electron chi connectivity index (χ2n) is 7.76. The minimum Gasteiger partial charge on any atom is -0.456 e. The number of hydrogen-bond donors (Lipinski definition) is 0. The van der Waals surface area contributed by atoms with Crippen molar-refractivity contribution >= 4 is 21.9 Å². The number of furan rings is 1. The second kappa shape index (κ2) is 7.42. The maximum atomic E-state index is 13.3. The molecule has 0 radical (unpaired) electrons. The molecule has 0 fully saturated rings. The van der Waals surface area contributed by atoms with Gasteiger partial charge in [0.05, 0.1) is 5.69 Å². The van der Waals surface area contributed by atoms with Gasteiger partial charge in [-0.1, -0.05) is 38.1 Å². The van der Waals surface area contributed by atoms with Gasteiger partial charge in [0, 0.05) is 25.3 Å². The van der Waals surface area contributed by atoms with Gasteiger partial charge in [-0.05, 0) is 77.5 Å². The number of pyridine rings is 1. The summed E-state index contributed by atoms with van der Waals surface area (Å²) >= 11 is 0. The van der Waals surface area contributed by atoms with Gasteiger partial charge in [0.1, 0.15) is 17.0 Å². The molecule has 5 rings (SSSR count). The summed E-state index contributed by atoms with van der Waals surface area (Å²) in [6.07, 6.45) is 0.223. The van der Waals surface area contributed by atoms with Crippen molar-refractivity contribution in [3.05, 3.63) is 90.4 Å². The fourth-order valence-corrected chi connectivity index (χ4v) is 3.77. The van der Waals surface area contributed by atoms with Gasteiger partial charge in [0.25, 0.3) is 0 Å². The summed E-state index contributed by atoms with van der Waals surface area (Å²) in [5.41, 5.74) is 5.59. The minimum absolute atomic E-state index is 0.147. The Morgan fingerprint density at radius 2 is 1.47 bits per heavy atom. The van der Waals surface area contributed by atoms with Crippen LogP contribution in [0.3, 0.4) is 0 Å². The van der Waals surface area contributed by atoms with Gasteiger partial charge in [-0.15, -0.1) is 0 Å². The predicted molar refractivity (Wildman–Crippen MR) is 121 cm³/mol. The molecule has 0 spiro atoms. The molecule has 0 aliphatic rings. The molecule has 0 amide bonds. The van der Waals surface area contributed by atoms with E-state index in [1.54, 1.807) is 24.4 Å². The third kappa shape index (κ3) is 3.48. The van der Waals surface area contributed by atoms with Crippen LogP contribution in [0.5, 0.6) is 0 Å². The molecule has 5 aromatic rings. The largest absolute Gasteiger partial charge is 0.456 e. The molecule has 0 bridgehead atoms. The van der Waals surface area contributed by atoms with Crippen LogP contribution in [-0.4, -0.2) is 4.98 Å². The fraction of sp³-hybridized carbons (Fsp3) is 0.148. The van der Waals surface area contributed by atoms with Gasteiger partial charge < -0.3 is 4.42 Å². The number of halogens is 1. The summed E-state index contributed by atoms with van der Waals surface area (Å²) in [5.74, 6) is -0.406. The summed E-state index contributed by atoms with van der Waals surface area (Å²) in [4.78, 5) is 4.47. The topological polar surface area (TPSA) is 26.0 Å². The van der Waals surface area contributed by atoms with E-state index < -0.39 is 6.37 Å². The lowest BCUT2D eigenvalue weighted by atomic mass is 10.0. The van der Waals surface area contributed by atoms with E-state index in [9.17, 15) is 4.39 Å². The van der Waals surface area contributed by atoms with Crippen LogP contribution in [0.15, 0.2) is 83.4 Å². The van der Waals surface area contributed by atoms with Crippen LogP contribution in [0.1, 0.15) is 22.2 Å². The van der Waals surface area contributed by atoms with Crippen LogP contribution in [0.4, 0.5) is 4.39 Å². The molecule has 0 saturated heterocycles. The Kier molecular flexibility index (Phi) is 4.04. The first kappa shape index (κ1) is 16.3. The zero-order valence-electron chi connectivity index (χ0n) is 18.8. The summed E-state index contributed by atoms with van der Waals surface area (Å²) in [5, 5.41) is 2.01. The number of fused-ring (bicyclic) bond motifs is 3. The highest BCUT2D eigenvalue weighted by Gasteiger charge is 2.11. The fourth-order valence-electron chi connectivity index (χ4n) is 3.77. The molecular formula is C27H22FNO. The minimum atomic E-state index is -1.43. The molecule has 3 heteroatoms. The number of nitrogens with zero attached hydrogens (tertiary/aromatic N) is 1. The summed E-state index contributed by atoms with van der Waals surface area (Å²) in [6, 6.07) is 21.9. The van der Waals surface area contributed by atoms with Crippen molar-refractivity contribution < 1.29 is 11.5 Å². The van der Waals surface area contributed by atoms with Gasteiger partial charge in [-0.25, -0.2) is 4.39 Å². The molecule has 2 aromatic heterocycles. The van der Waals surface area contributed by atoms with Gasteiger partial charge >= 0.3 is 0 Å². The SMILES string of the molecule is [2H]C([2H])(c1ccnc(-c2ccc3c(c2)oc2cc(-c4ccc(F)cc4)ccc23)c1)C(C)C. The molecule has 2 heterocycles. The Labute approximate surface area is 177 Å². The van der Waals surface area contributed by atoms with Crippen molar-refractivity contribution in [3.8, 4) is 22.4 Å². The smallest absolute Gasteiger partial charge is 0.136 e. The Balaban J connectivity index is 1.57. The van der Waals surface area contributed by atoms with Crippen LogP contribution in [-0.2, 0) is 6.37 Å². The van der Waals surface area contributed by atoms with Gasteiger partial charge in [-0.3, -0.25) is 4.98 Å². The van der Waals surface area contributed by atoms with Crippen molar-refractivity contribution in [2.45, 2.75) is 20.2 Å². The molecule has 2 nitrogen and oxygen atoms in total. The second-order valence-corrected chi connectivity index (χ2v) is 7.76. The first-order valence-electron chi connectivity index (χ1n) is 11.0. The van der Waals surface area contributed by atoms with E-state index in [-0.39, 0.29) is 11.7 Å². The Morgan fingerprint density at radius 1 is 0.833 bits per heavy atom. The van der Waals surface area contributed by atoms with Crippen molar-refractivity contribution in [3.63, 3.8) is 0 Å². The number of aromatic nitrogens is 1. The molecule has 0 saturated carbocycles. The first-order valence-corrected chi connectivity index (χ1v) is 10.0. The predicted octanol–water partition coefficient (Wildman–Crippen LogP) is 7.65. The molecule has 0 aliphatic heterocycles. The number of benzene rings is 3. The summed E-state index contributed by atoms with van der Waals surface area (Å²) in [7, 11) is 0. The molecule has 0 unspecified atom stereocenters. The van der Waals surface area contributed by atoms with Crippen LogP contribution in [0.2, 0.25) is 0 Å².